The number of ketones is 1. The van der Waals surface area contributed by atoms with Crippen molar-refractivity contribution in [1.29, 1.82) is 0 Å². The Morgan fingerprint density at radius 3 is 2.11 bits per heavy atom. The molecular formula is C27H23N5O2S. The maximum absolute atomic E-state index is 13.0. The summed E-state index contributed by atoms with van der Waals surface area (Å²) in [5.74, 6) is -0.715. The van der Waals surface area contributed by atoms with Crippen LogP contribution in [0.4, 0.5) is 0 Å². The van der Waals surface area contributed by atoms with Gasteiger partial charge in [-0.3, -0.25) is 20.4 Å². The van der Waals surface area contributed by atoms with E-state index in [2.05, 4.69) is 10.9 Å². The molecule has 4 aromatic rings. The van der Waals surface area contributed by atoms with E-state index in [0.29, 0.717) is 16.8 Å². The number of nitrogens with zero attached hydrogens (tertiary/aromatic N) is 2. The first-order valence-corrected chi connectivity index (χ1v) is 11.3. The topological polar surface area (TPSA) is 102 Å². The molecule has 3 aromatic carbocycles. The largest absolute Gasteiger partial charge is 0.375 e. The van der Waals surface area contributed by atoms with Gasteiger partial charge in [-0.05, 0) is 30.4 Å². The first-order chi connectivity index (χ1) is 17.0. The zero-order chi connectivity index (χ0) is 24.6. The number of hydrazine groups is 1. The zero-order valence-electron chi connectivity index (χ0n) is 18.7. The molecule has 0 unspecified atom stereocenters. The minimum atomic E-state index is -0.520. The van der Waals surface area contributed by atoms with E-state index in [1.165, 1.54) is 0 Å². The van der Waals surface area contributed by atoms with Crippen LogP contribution >= 0.6 is 12.2 Å². The molecule has 0 atom stereocenters. The van der Waals surface area contributed by atoms with Crippen molar-refractivity contribution in [3.05, 3.63) is 114 Å². The maximum atomic E-state index is 13.0. The Bertz CT molecular complexity index is 1370. The van der Waals surface area contributed by atoms with Gasteiger partial charge in [-0.2, -0.15) is 5.10 Å². The molecule has 0 spiro atoms. The van der Waals surface area contributed by atoms with Crippen molar-refractivity contribution in [3.63, 3.8) is 0 Å². The number of amides is 1. The SMILES string of the molecule is NC(=S)NNC(=O)/C(=C/c1cn(-c2ccccc2)nc1-c1ccccc1)CC(=O)c1ccccc1. The maximum Gasteiger partial charge on any atom is 0.266 e. The van der Waals surface area contributed by atoms with E-state index in [0.717, 1.165) is 11.3 Å². The fraction of sp³-hybridized carbons (Fsp3) is 0.0370. The Balaban J connectivity index is 1.78. The van der Waals surface area contributed by atoms with Crippen LogP contribution in [0, 0.1) is 0 Å². The van der Waals surface area contributed by atoms with Crippen molar-refractivity contribution in [2.24, 2.45) is 5.73 Å². The van der Waals surface area contributed by atoms with E-state index in [1.807, 2.05) is 72.9 Å². The lowest BCUT2D eigenvalue weighted by atomic mass is 9.99. The molecule has 0 aliphatic heterocycles. The number of nitrogens with two attached hydrogens (primary N) is 1. The Morgan fingerprint density at radius 2 is 1.49 bits per heavy atom. The summed E-state index contributed by atoms with van der Waals surface area (Å²) in [6.07, 6.45) is 3.38. The molecule has 0 bridgehead atoms. The molecule has 0 aliphatic carbocycles. The summed E-state index contributed by atoms with van der Waals surface area (Å²) < 4.78 is 1.75. The smallest absolute Gasteiger partial charge is 0.266 e. The number of aromatic nitrogens is 2. The number of Topliss-reactive ketones (excluding diaryl/α,β-unsaturated/α-hetero) is 1. The second-order valence-corrected chi connectivity index (χ2v) is 8.10. The summed E-state index contributed by atoms with van der Waals surface area (Å²) >= 11 is 4.79. The average molecular weight is 482 g/mol. The van der Waals surface area contributed by atoms with Crippen LogP contribution in [0.25, 0.3) is 23.0 Å². The van der Waals surface area contributed by atoms with Gasteiger partial charge in [0, 0.05) is 34.9 Å². The van der Waals surface area contributed by atoms with Crippen molar-refractivity contribution in [2.75, 3.05) is 0 Å². The highest BCUT2D eigenvalue weighted by Crippen LogP contribution is 2.26. The lowest BCUT2D eigenvalue weighted by Crippen LogP contribution is -2.45. The van der Waals surface area contributed by atoms with E-state index >= 15 is 0 Å². The van der Waals surface area contributed by atoms with Crippen molar-refractivity contribution in [2.45, 2.75) is 6.42 Å². The van der Waals surface area contributed by atoms with E-state index in [9.17, 15) is 9.59 Å². The number of hydrogen-bond donors (Lipinski definition) is 3. The molecule has 0 aliphatic rings. The van der Waals surface area contributed by atoms with Crippen molar-refractivity contribution >= 4 is 35.1 Å². The van der Waals surface area contributed by atoms with Crippen molar-refractivity contribution in [1.82, 2.24) is 20.6 Å². The molecule has 1 aromatic heterocycles. The molecule has 35 heavy (non-hydrogen) atoms. The van der Waals surface area contributed by atoms with Crippen LogP contribution in [0.1, 0.15) is 22.3 Å². The van der Waals surface area contributed by atoms with Gasteiger partial charge < -0.3 is 5.73 Å². The summed E-state index contributed by atoms with van der Waals surface area (Å²) in [6.45, 7) is 0. The Hall–Kier alpha value is -4.56. The summed E-state index contributed by atoms with van der Waals surface area (Å²) in [5.41, 5.74) is 14.2. The Morgan fingerprint density at radius 1 is 0.886 bits per heavy atom. The number of carbonyl (C=O) groups is 2. The average Bonchev–Trinajstić information content (AvgIpc) is 3.32. The van der Waals surface area contributed by atoms with Crippen LogP contribution in [0.2, 0.25) is 0 Å². The van der Waals surface area contributed by atoms with E-state index in [4.69, 9.17) is 23.1 Å². The van der Waals surface area contributed by atoms with E-state index in [1.54, 1.807) is 35.0 Å². The normalized spacial score (nSPS) is 11.0. The fourth-order valence-electron chi connectivity index (χ4n) is 3.51. The van der Waals surface area contributed by atoms with Gasteiger partial charge in [0.15, 0.2) is 10.9 Å². The van der Waals surface area contributed by atoms with Crippen molar-refractivity contribution < 1.29 is 9.59 Å². The van der Waals surface area contributed by atoms with Crippen LogP contribution in [-0.2, 0) is 4.79 Å². The minimum Gasteiger partial charge on any atom is -0.375 e. The van der Waals surface area contributed by atoms with Gasteiger partial charge in [0.25, 0.3) is 5.91 Å². The second-order valence-electron chi connectivity index (χ2n) is 7.66. The highest BCUT2D eigenvalue weighted by atomic mass is 32.1. The molecule has 4 N–H and O–H groups in total. The molecule has 1 heterocycles. The van der Waals surface area contributed by atoms with Crippen LogP contribution in [0.5, 0.6) is 0 Å². The van der Waals surface area contributed by atoms with Gasteiger partial charge in [0.05, 0.1) is 11.4 Å². The van der Waals surface area contributed by atoms with Crippen molar-refractivity contribution in [3.8, 4) is 16.9 Å². The van der Waals surface area contributed by atoms with E-state index in [-0.39, 0.29) is 22.9 Å². The quantitative estimate of drug-likeness (QED) is 0.159. The lowest BCUT2D eigenvalue weighted by Gasteiger charge is -2.10. The molecule has 0 radical (unpaired) electrons. The molecule has 7 nitrogen and oxygen atoms in total. The number of benzene rings is 3. The van der Waals surface area contributed by atoms with Gasteiger partial charge in [0.2, 0.25) is 0 Å². The monoisotopic (exact) mass is 481 g/mol. The van der Waals surface area contributed by atoms with Crippen LogP contribution < -0.4 is 16.6 Å². The van der Waals surface area contributed by atoms with Crippen LogP contribution in [0.15, 0.2) is 103 Å². The standard InChI is InChI=1S/C27H23N5O2S/c28-27(35)30-29-26(34)21(17-24(33)19-10-4-1-5-11-19)16-22-18-32(23-14-8-3-9-15-23)31-25(22)20-12-6-2-7-13-20/h1-16,18H,17H2,(H,29,34)(H3,28,30,35)/b21-16+. The van der Waals surface area contributed by atoms with Gasteiger partial charge in [-0.15, -0.1) is 0 Å². The third-order valence-corrected chi connectivity index (χ3v) is 5.28. The molecule has 4 rings (SSSR count). The Kier molecular flexibility index (Phi) is 7.44. The van der Waals surface area contributed by atoms with Gasteiger partial charge in [-0.1, -0.05) is 78.9 Å². The summed E-state index contributed by atoms with van der Waals surface area (Å²) in [6, 6.07) is 28.1. The number of para-hydroxylation sites is 1. The molecule has 1 amide bonds. The number of carbonyl (C=O) groups excluding carboxylic acids is 2. The predicted octanol–water partition coefficient (Wildman–Crippen LogP) is 4.06. The molecular weight excluding hydrogens is 458 g/mol. The van der Waals surface area contributed by atoms with Gasteiger partial charge in [0.1, 0.15) is 0 Å². The highest BCUT2D eigenvalue weighted by molar-refractivity contribution is 7.80. The number of nitrogens with one attached hydrogen (secondary N) is 2. The minimum absolute atomic E-state index is 0.0889. The number of rotatable bonds is 7. The van der Waals surface area contributed by atoms with Gasteiger partial charge >= 0.3 is 0 Å². The lowest BCUT2D eigenvalue weighted by molar-refractivity contribution is -0.118. The number of thiocarbonyl (C=S) groups is 1. The molecule has 0 saturated heterocycles. The second kappa shape index (κ2) is 11.0. The first-order valence-electron chi connectivity index (χ1n) is 10.9. The number of hydrogen-bond acceptors (Lipinski definition) is 4. The first kappa shape index (κ1) is 23.6. The molecule has 174 valence electrons. The fourth-order valence-corrected chi connectivity index (χ4v) is 3.56. The van der Waals surface area contributed by atoms with Crippen LogP contribution in [-0.4, -0.2) is 26.6 Å². The third-order valence-electron chi connectivity index (χ3n) is 5.18. The molecule has 8 heteroatoms. The van der Waals surface area contributed by atoms with Gasteiger partial charge in [-0.25, -0.2) is 4.68 Å². The molecule has 0 fully saturated rings. The summed E-state index contributed by atoms with van der Waals surface area (Å²) in [5, 5.41) is 4.68. The predicted molar refractivity (Wildman–Crippen MR) is 140 cm³/mol. The Labute approximate surface area is 208 Å². The zero-order valence-corrected chi connectivity index (χ0v) is 19.5. The third kappa shape index (κ3) is 6.07. The summed E-state index contributed by atoms with van der Waals surface area (Å²) in [7, 11) is 0. The summed E-state index contributed by atoms with van der Waals surface area (Å²) in [4.78, 5) is 26.0. The van der Waals surface area contributed by atoms with E-state index < -0.39 is 5.91 Å². The molecule has 0 saturated carbocycles. The van der Waals surface area contributed by atoms with Crippen LogP contribution in [0.3, 0.4) is 0 Å². The highest BCUT2D eigenvalue weighted by Gasteiger charge is 2.18.